The molecule has 0 heterocycles. The number of unbranched alkanes of at least 4 members (excludes halogenated alkanes) is 6. The number of rotatable bonds is 15. The van der Waals surface area contributed by atoms with Gasteiger partial charge in [-0.25, -0.2) is 0 Å². The van der Waals surface area contributed by atoms with Crippen LogP contribution in [0.3, 0.4) is 0 Å². The lowest BCUT2D eigenvalue weighted by atomic mass is 9.89. The summed E-state index contributed by atoms with van der Waals surface area (Å²) in [5, 5.41) is 30.6. The van der Waals surface area contributed by atoms with E-state index in [1.54, 1.807) is 0 Å². The van der Waals surface area contributed by atoms with Crippen LogP contribution < -0.4 is 0 Å². The van der Waals surface area contributed by atoms with Crippen LogP contribution in [0.25, 0.3) is 0 Å². The molecular formula is C26H42O5. The average Bonchev–Trinajstić information content (AvgIpc) is 3.47. The van der Waals surface area contributed by atoms with Crippen LogP contribution in [0.1, 0.15) is 109 Å². The highest BCUT2D eigenvalue weighted by Crippen LogP contribution is 2.44. The van der Waals surface area contributed by atoms with E-state index in [9.17, 15) is 20.1 Å². The van der Waals surface area contributed by atoms with E-state index in [0.29, 0.717) is 30.3 Å². The molecule has 31 heavy (non-hydrogen) atoms. The molecule has 0 bridgehead atoms. The number of phenols is 3. The first-order valence-electron chi connectivity index (χ1n) is 12.0. The van der Waals surface area contributed by atoms with Gasteiger partial charge in [0.15, 0.2) is 11.5 Å². The van der Waals surface area contributed by atoms with Crippen molar-refractivity contribution in [3.63, 3.8) is 0 Å². The van der Waals surface area contributed by atoms with Gasteiger partial charge in [0.2, 0.25) is 5.75 Å². The Labute approximate surface area is 187 Å². The Balaban J connectivity index is 1.73. The van der Waals surface area contributed by atoms with Gasteiger partial charge in [-0.15, -0.1) is 0 Å². The molecule has 1 saturated carbocycles. The Morgan fingerprint density at radius 1 is 0.839 bits per heavy atom. The molecule has 0 aromatic heterocycles. The van der Waals surface area contributed by atoms with Crippen LogP contribution in [0.4, 0.5) is 0 Å². The number of benzene rings is 1. The molecule has 1 aromatic rings. The van der Waals surface area contributed by atoms with Gasteiger partial charge in [0.05, 0.1) is 0 Å². The minimum absolute atomic E-state index is 0.176. The summed E-state index contributed by atoms with van der Waals surface area (Å²) >= 11 is 0. The van der Waals surface area contributed by atoms with E-state index in [0.717, 1.165) is 63.4 Å². The second-order valence-electron chi connectivity index (χ2n) is 10.5. The molecule has 1 aliphatic rings. The van der Waals surface area contributed by atoms with E-state index in [2.05, 4.69) is 20.8 Å². The molecule has 5 heteroatoms. The van der Waals surface area contributed by atoms with Crippen LogP contribution >= 0.6 is 0 Å². The highest BCUT2D eigenvalue weighted by molar-refractivity contribution is 5.57. The lowest BCUT2D eigenvalue weighted by Crippen LogP contribution is -2.12. The lowest BCUT2D eigenvalue weighted by molar-refractivity contribution is -0.135. The number of carbonyl (C=O) groups excluding carboxylic acids is 1. The molecule has 0 saturated heterocycles. The topological polar surface area (TPSA) is 87.0 Å². The number of aryl methyl sites for hydroxylation is 2. The SMILES string of the molecule is CC(C)(C)CCCCCCc1cc(CCCCCCC2(OC=O)CC2)c(O)c(O)c1O. The van der Waals surface area contributed by atoms with Crippen molar-refractivity contribution in [1.82, 2.24) is 0 Å². The van der Waals surface area contributed by atoms with Crippen molar-refractivity contribution in [3.05, 3.63) is 17.2 Å². The molecule has 0 radical (unpaired) electrons. The fraction of sp³-hybridized carbons (Fsp3) is 0.731. The minimum atomic E-state index is -0.387. The zero-order chi connectivity index (χ0) is 22.9. The lowest BCUT2D eigenvalue weighted by Gasteiger charge is -2.17. The molecular weight excluding hydrogens is 392 g/mol. The van der Waals surface area contributed by atoms with Gasteiger partial charge >= 0.3 is 0 Å². The molecule has 0 amide bonds. The van der Waals surface area contributed by atoms with Crippen LogP contribution in [0, 0.1) is 5.41 Å². The minimum Gasteiger partial charge on any atom is -0.504 e. The maximum absolute atomic E-state index is 10.5. The number of hydrogen-bond donors (Lipinski definition) is 3. The molecule has 3 N–H and O–H groups in total. The predicted molar refractivity (Wildman–Crippen MR) is 124 cm³/mol. The molecule has 0 aliphatic heterocycles. The Hall–Kier alpha value is -1.91. The van der Waals surface area contributed by atoms with Gasteiger partial charge in [0.25, 0.3) is 6.47 Å². The summed E-state index contributed by atoms with van der Waals surface area (Å²) in [4.78, 5) is 10.5. The Morgan fingerprint density at radius 3 is 1.84 bits per heavy atom. The van der Waals surface area contributed by atoms with Gasteiger partial charge in [-0.2, -0.15) is 0 Å². The van der Waals surface area contributed by atoms with Crippen molar-refractivity contribution in [2.75, 3.05) is 0 Å². The Morgan fingerprint density at radius 2 is 1.35 bits per heavy atom. The van der Waals surface area contributed by atoms with E-state index >= 15 is 0 Å². The first-order valence-corrected chi connectivity index (χ1v) is 12.0. The van der Waals surface area contributed by atoms with Crippen LogP contribution in [0.15, 0.2) is 6.07 Å². The smallest absolute Gasteiger partial charge is 0.293 e. The summed E-state index contributed by atoms with van der Waals surface area (Å²) in [6, 6.07) is 1.86. The van der Waals surface area contributed by atoms with E-state index in [1.807, 2.05) is 6.07 Å². The van der Waals surface area contributed by atoms with E-state index in [1.165, 1.54) is 19.3 Å². The highest BCUT2D eigenvalue weighted by atomic mass is 16.5. The van der Waals surface area contributed by atoms with E-state index < -0.39 is 0 Å². The number of hydrogen-bond acceptors (Lipinski definition) is 5. The van der Waals surface area contributed by atoms with Gasteiger partial charge in [-0.3, -0.25) is 4.79 Å². The average molecular weight is 435 g/mol. The van der Waals surface area contributed by atoms with Gasteiger partial charge in [-0.1, -0.05) is 52.9 Å². The number of aromatic hydroxyl groups is 3. The quantitative estimate of drug-likeness (QED) is 0.166. The van der Waals surface area contributed by atoms with Crippen molar-refractivity contribution in [3.8, 4) is 17.2 Å². The molecule has 0 atom stereocenters. The zero-order valence-corrected chi connectivity index (χ0v) is 19.7. The summed E-state index contributed by atoms with van der Waals surface area (Å²) in [6.07, 6.45) is 13.9. The molecule has 0 unspecified atom stereocenters. The van der Waals surface area contributed by atoms with E-state index in [4.69, 9.17) is 4.74 Å². The first-order chi connectivity index (χ1) is 14.7. The molecule has 2 rings (SSSR count). The largest absolute Gasteiger partial charge is 0.504 e. The maximum Gasteiger partial charge on any atom is 0.293 e. The summed E-state index contributed by atoms with van der Waals surface area (Å²) in [7, 11) is 0. The summed E-state index contributed by atoms with van der Waals surface area (Å²) in [5.74, 6) is -0.759. The van der Waals surface area contributed by atoms with Gasteiger partial charge in [0, 0.05) is 0 Å². The first kappa shape index (κ1) is 25.4. The second-order valence-corrected chi connectivity index (χ2v) is 10.5. The molecule has 1 aromatic carbocycles. The Bertz CT molecular complexity index is 701. The molecule has 5 nitrogen and oxygen atoms in total. The fourth-order valence-electron chi connectivity index (χ4n) is 4.25. The third-order valence-electron chi connectivity index (χ3n) is 6.46. The van der Waals surface area contributed by atoms with E-state index in [-0.39, 0.29) is 22.8 Å². The number of phenolic OH excluding ortho intramolecular Hbond substituents is 3. The van der Waals surface area contributed by atoms with Crippen LogP contribution in [0.2, 0.25) is 0 Å². The number of ether oxygens (including phenoxy) is 1. The molecule has 1 fully saturated rings. The standard InChI is InChI=1S/C26H42O5/c1-25(2,3)14-10-6-4-8-12-20-18-21(23(29)24(30)22(20)28)13-9-5-7-11-15-26(16-17-26)31-19-27/h18-19,28-30H,4-17H2,1-3H3. The summed E-state index contributed by atoms with van der Waals surface area (Å²) in [6.45, 7) is 7.35. The highest BCUT2D eigenvalue weighted by Gasteiger charge is 2.44. The molecule has 1 aliphatic carbocycles. The summed E-state index contributed by atoms with van der Waals surface area (Å²) in [5.41, 5.74) is 1.63. The van der Waals surface area contributed by atoms with Crippen LogP contribution in [-0.4, -0.2) is 27.4 Å². The van der Waals surface area contributed by atoms with Crippen molar-refractivity contribution >= 4 is 6.47 Å². The van der Waals surface area contributed by atoms with Gasteiger partial charge in [0.1, 0.15) is 5.60 Å². The van der Waals surface area contributed by atoms with Crippen LogP contribution in [-0.2, 0) is 22.4 Å². The monoisotopic (exact) mass is 434 g/mol. The zero-order valence-electron chi connectivity index (χ0n) is 19.7. The van der Waals surface area contributed by atoms with Crippen molar-refractivity contribution in [2.45, 2.75) is 116 Å². The number of carbonyl (C=O) groups is 1. The second kappa shape index (κ2) is 11.6. The Kier molecular flexibility index (Phi) is 9.52. The van der Waals surface area contributed by atoms with Crippen molar-refractivity contribution in [2.24, 2.45) is 5.41 Å². The normalized spacial score (nSPS) is 15.1. The fourth-order valence-corrected chi connectivity index (χ4v) is 4.25. The van der Waals surface area contributed by atoms with Crippen molar-refractivity contribution < 1.29 is 24.9 Å². The third-order valence-corrected chi connectivity index (χ3v) is 6.46. The van der Waals surface area contributed by atoms with Crippen LogP contribution in [0.5, 0.6) is 17.2 Å². The summed E-state index contributed by atoms with van der Waals surface area (Å²) < 4.78 is 5.17. The molecule has 176 valence electrons. The maximum atomic E-state index is 10.5. The predicted octanol–water partition coefficient (Wildman–Crippen LogP) is 6.54. The van der Waals surface area contributed by atoms with Gasteiger partial charge in [-0.05, 0) is 80.4 Å². The third kappa shape index (κ3) is 8.62. The molecule has 0 spiro atoms. The van der Waals surface area contributed by atoms with Crippen molar-refractivity contribution in [1.29, 1.82) is 0 Å². The van der Waals surface area contributed by atoms with Gasteiger partial charge < -0.3 is 20.1 Å².